The highest BCUT2D eigenvalue weighted by Gasteiger charge is 2.64. The third-order valence-electron chi connectivity index (χ3n) is 13.7. The molecule has 1 atom stereocenters. The first-order chi connectivity index (χ1) is 28.6. The van der Waals surface area contributed by atoms with Crippen molar-refractivity contribution in [2.75, 3.05) is 55.6 Å². The van der Waals surface area contributed by atoms with Crippen LogP contribution < -0.4 is 25.2 Å². The summed E-state index contributed by atoms with van der Waals surface area (Å²) in [6.45, 7) is 14.4. The number of nitrogens with one attached hydrogen (secondary N) is 2. The molecule has 4 fully saturated rings. The number of carbonyl (C=O) groups is 4. The molecule has 60 heavy (non-hydrogen) atoms. The molecule has 0 spiro atoms. The van der Waals surface area contributed by atoms with Gasteiger partial charge in [0.1, 0.15) is 29.8 Å². The molecular weight excluding hydrogens is 785 g/mol. The Bertz CT molecular complexity index is 2210. The van der Waals surface area contributed by atoms with Gasteiger partial charge in [0.2, 0.25) is 11.8 Å². The number of benzene rings is 3. The second kappa shape index (κ2) is 16.3. The average Bonchev–Trinajstić information content (AvgIpc) is 3.54. The van der Waals surface area contributed by atoms with Crippen LogP contribution in [0.15, 0.2) is 54.6 Å². The van der Waals surface area contributed by atoms with Crippen molar-refractivity contribution in [2.24, 2.45) is 16.7 Å². The van der Waals surface area contributed by atoms with Gasteiger partial charge in [0.25, 0.3) is 11.8 Å². The van der Waals surface area contributed by atoms with Gasteiger partial charge in [0.15, 0.2) is 0 Å². The van der Waals surface area contributed by atoms with Crippen molar-refractivity contribution in [1.82, 2.24) is 20.4 Å². The van der Waals surface area contributed by atoms with Crippen LogP contribution in [0.1, 0.15) is 91.6 Å². The van der Waals surface area contributed by atoms with Gasteiger partial charge in [-0.2, -0.15) is 5.26 Å². The van der Waals surface area contributed by atoms with Gasteiger partial charge in [-0.3, -0.25) is 29.4 Å². The molecule has 12 nitrogen and oxygen atoms in total. The molecule has 1 unspecified atom stereocenters. The number of carbonyl (C=O) groups excluding carboxylic acids is 4. The van der Waals surface area contributed by atoms with E-state index in [1.807, 2.05) is 29.2 Å². The molecule has 4 heterocycles. The Morgan fingerprint density at radius 2 is 1.63 bits per heavy atom. The number of ether oxygens (including phenoxy) is 1. The van der Waals surface area contributed by atoms with E-state index in [9.17, 15) is 24.4 Å². The van der Waals surface area contributed by atoms with Crippen LogP contribution in [0.2, 0.25) is 5.02 Å². The Hall–Kier alpha value is -5.19. The van der Waals surface area contributed by atoms with Crippen LogP contribution in [0.3, 0.4) is 0 Å². The highest BCUT2D eigenvalue weighted by molar-refractivity contribution is 6.31. The highest BCUT2D eigenvalue weighted by Crippen LogP contribution is 2.55. The smallest absolute Gasteiger partial charge is 0.255 e. The monoisotopic (exact) mass is 837 g/mol. The number of nitrogens with zero attached hydrogens (tertiary/aromatic N) is 5. The van der Waals surface area contributed by atoms with E-state index in [4.69, 9.17) is 16.3 Å². The fraction of sp³-hybridized carbons (Fsp3) is 0.500. The predicted molar refractivity (Wildman–Crippen MR) is 226 cm³/mol. The van der Waals surface area contributed by atoms with Crippen LogP contribution >= 0.6 is 11.6 Å². The van der Waals surface area contributed by atoms with E-state index < -0.39 is 11.9 Å². The zero-order chi connectivity index (χ0) is 42.5. The minimum absolute atomic E-state index is 0.113. The van der Waals surface area contributed by atoms with Gasteiger partial charge in [-0.1, -0.05) is 39.3 Å². The Labute approximate surface area is 355 Å². The van der Waals surface area contributed by atoms with Crippen molar-refractivity contribution in [1.29, 1.82) is 5.26 Å². The van der Waals surface area contributed by atoms with E-state index in [0.717, 1.165) is 57.7 Å². The Morgan fingerprint density at radius 3 is 2.28 bits per heavy atom. The lowest BCUT2D eigenvalue weighted by atomic mass is 9.49. The molecule has 1 saturated carbocycles. The number of imide groups is 1. The zero-order valence-corrected chi connectivity index (χ0v) is 35.5. The lowest BCUT2D eigenvalue weighted by Crippen LogP contribution is -2.74. The fourth-order valence-electron chi connectivity index (χ4n) is 10.5. The first-order valence-electron chi connectivity index (χ1n) is 21.1. The number of piperidine rings is 2. The van der Waals surface area contributed by atoms with Crippen LogP contribution in [0.5, 0.6) is 5.75 Å². The number of fused-ring (bicyclic) bond motifs is 1. The lowest BCUT2D eigenvalue weighted by Gasteiger charge is -2.63. The van der Waals surface area contributed by atoms with Crippen molar-refractivity contribution in [3.63, 3.8) is 0 Å². The number of hydrogen-bond donors (Lipinski definition) is 2. The van der Waals surface area contributed by atoms with Crippen LogP contribution in [0, 0.1) is 33.9 Å². The average molecular weight is 838 g/mol. The summed E-state index contributed by atoms with van der Waals surface area (Å²) in [5.41, 5.74) is 2.85. The third-order valence-corrected chi connectivity index (χ3v) is 14.0. The minimum atomic E-state index is -0.725. The molecule has 316 valence electrons. The first-order valence-corrected chi connectivity index (χ1v) is 21.5. The Balaban J connectivity index is 0.772. The normalized spacial score (nSPS) is 24.1. The molecule has 0 radical (unpaired) electrons. The number of amides is 4. The minimum Gasteiger partial charge on any atom is -0.489 e. The molecule has 3 aromatic carbocycles. The molecule has 8 rings (SSSR count). The van der Waals surface area contributed by atoms with Crippen LogP contribution in [0.25, 0.3) is 0 Å². The Kier molecular flexibility index (Phi) is 11.3. The number of nitriles is 1. The second-order valence-electron chi connectivity index (χ2n) is 18.3. The summed E-state index contributed by atoms with van der Waals surface area (Å²) in [7, 11) is 0. The van der Waals surface area contributed by atoms with E-state index in [2.05, 4.69) is 54.2 Å². The molecule has 3 saturated heterocycles. The standard InChI is InChI=1S/C46H53ClFN7O5/c1-45(2)43(46(3,4)44(45)60-33-10-7-30(26-49)35(47)24-33)51-40(57)29-5-8-32(9-6-29)53-17-14-28(15-18-53)13-16-52-19-21-54(22-20-52)38-25-34-31(23-36(38)48)27-55(42(34)59)37-11-12-39(56)50-41(37)58/h5-10,23-25,28,37,43-44H,11-22,27H2,1-4H3,(H,51,57)(H,50,56,58)/t37?,43-,44-. The van der Waals surface area contributed by atoms with E-state index in [1.54, 1.807) is 24.3 Å². The van der Waals surface area contributed by atoms with Crippen molar-refractivity contribution in [2.45, 2.75) is 84.5 Å². The van der Waals surface area contributed by atoms with Gasteiger partial charge in [0.05, 0.1) is 16.3 Å². The largest absolute Gasteiger partial charge is 0.489 e. The molecule has 4 aliphatic heterocycles. The van der Waals surface area contributed by atoms with Crippen molar-refractivity contribution < 1.29 is 28.3 Å². The molecule has 3 aromatic rings. The number of halogens is 2. The fourth-order valence-corrected chi connectivity index (χ4v) is 10.7. The summed E-state index contributed by atoms with van der Waals surface area (Å²) in [5, 5.41) is 15.2. The van der Waals surface area contributed by atoms with Gasteiger partial charge in [-0.15, -0.1) is 0 Å². The maximum atomic E-state index is 15.4. The third kappa shape index (κ3) is 7.92. The molecule has 4 amide bonds. The van der Waals surface area contributed by atoms with Crippen LogP contribution in [0.4, 0.5) is 15.8 Å². The van der Waals surface area contributed by atoms with E-state index in [1.165, 1.54) is 11.0 Å². The summed E-state index contributed by atoms with van der Waals surface area (Å²) in [5.74, 6) is -0.363. The molecular formula is C46H53ClFN7O5. The maximum absolute atomic E-state index is 15.4. The van der Waals surface area contributed by atoms with E-state index in [0.29, 0.717) is 57.7 Å². The summed E-state index contributed by atoms with van der Waals surface area (Å²) in [4.78, 5) is 59.2. The molecule has 2 N–H and O–H groups in total. The zero-order valence-electron chi connectivity index (χ0n) is 34.7. The van der Waals surface area contributed by atoms with Gasteiger partial charge in [-0.25, -0.2) is 4.39 Å². The summed E-state index contributed by atoms with van der Waals surface area (Å²) >= 11 is 6.25. The summed E-state index contributed by atoms with van der Waals surface area (Å²) < 4.78 is 21.8. The number of rotatable bonds is 10. The quantitative estimate of drug-likeness (QED) is 0.230. The van der Waals surface area contributed by atoms with Gasteiger partial charge in [0, 0.05) is 92.0 Å². The first kappa shape index (κ1) is 41.5. The number of hydrogen-bond acceptors (Lipinski definition) is 9. The molecule has 5 aliphatic rings. The molecule has 1 aliphatic carbocycles. The number of piperazine rings is 1. The van der Waals surface area contributed by atoms with E-state index >= 15 is 4.39 Å². The topological polar surface area (TPSA) is 138 Å². The molecule has 0 aromatic heterocycles. The Morgan fingerprint density at radius 1 is 0.933 bits per heavy atom. The highest BCUT2D eigenvalue weighted by atomic mass is 35.5. The van der Waals surface area contributed by atoms with Crippen molar-refractivity contribution >= 4 is 46.6 Å². The second-order valence-corrected chi connectivity index (χ2v) is 18.7. The van der Waals surface area contributed by atoms with Gasteiger partial charge < -0.3 is 24.8 Å². The van der Waals surface area contributed by atoms with E-state index in [-0.39, 0.29) is 65.9 Å². The van der Waals surface area contributed by atoms with Crippen LogP contribution in [-0.4, -0.2) is 97.4 Å². The molecule has 14 heteroatoms. The van der Waals surface area contributed by atoms with Gasteiger partial charge in [-0.05, 0) is 92.2 Å². The molecule has 0 bridgehead atoms. The summed E-state index contributed by atoms with van der Waals surface area (Å²) in [6, 6.07) is 17.3. The predicted octanol–water partition coefficient (Wildman–Crippen LogP) is 6.15. The number of anilines is 2. The van der Waals surface area contributed by atoms with Crippen molar-refractivity contribution in [3.05, 3.63) is 87.7 Å². The maximum Gasteiger partial charge on any atom is 0.255 e. The lowest BCUT2D eigenvalue weighted by molar-refractivity contribution is -0.164. The van der Waals surface area contributed by atoms with Gasteiger partial charge >= 0.3 is 0 Å². The summed E-state index contributed by atoms with van der Waals surface area (Å²) in [6.07, 6.45) is 3.56. The van der Waals surface area contributed by atoms with Crippen LogP contribution in [-0.2, 0) is 16.1 Å². The van der Waals surface area contributed by atoms with Crippen molar-refractivity contribution in [3.8, 4) is 11.8 Å². The SMILES string of the molecule is CC1(C)[C@H](NC(=O)c2ccc(N3CCC(CCN4CCN(c5cc6c(cc5F)CN(C5CCC(=O)NC5=O)C6=O)CC4)CC3)cc2)C(C)(C)[C@H]1Oc1ccc(C#N)c(Cl)c1.